The van der Waals surface area contributed by atoms with Crippen LogP contribution in [0.3, 0.4) is 0 Å². The normalized spacial score (nSPS) is 12.1. The van der Waals surface area contributed by atoms with E-state index in [4.69, 9.17) is 0 Å². The van der Waals surface area contributed by atoms with E-state index in [1.807, 2.05) is 6.92 Å². The van der Waals surface area contributed by atoms with Crippen molar-refractivity contribution in [3.05, 3.63) is 24.7 Å². The standard InChI is InChI=1S/C11H15N3O2S/c1-2-3-4-8-17(15,16)10-9-13-14-7-5-6-12-11(10)14/h5-7,9H,2-4,8H2,1H3. The van der Waals surface area contributed by atoms with Gasteiger partial charge in [0, 0.05) is 12.4 Å². The second kappa shape index (κ2) is 4.83. The Morgan fingerprint density at radius 1 is 1.35 bits per heavy atom. The molecule has 0 aliphatic rings. The number of sulfone groups is 1. The van der Waals surface area contributed by atoms with Gasteiger partial charge in [-0.3, -0.25) is 0 Å². The summed E-state index contributed by atoms with van der Waals surface area (Å²) in [5, 5.41) is 3.99. The van der Waals surface area contributed by atoms with Gasteiger partial charge in [-0.25, -0.2) is 17.9 Å². The van der Waals surface area contributed by atoms with Gasteiger partial charge < -0.3 is 0 Å². The molecule has 2 aromatic rings. The monoisotopic (exact) mass is 253 g/mol. The summed E-state index contributed by atoms with van der Waals surface area (Å²) < 4.78 is 25.7. The van der Waals surface area contributed by atoms with Crippen LogP contribution in [0, 0.1) is 0 Å². The third kappa shape index (κ3) is 2.46. The van der Waals surface area contributed by atoms with Gasteiger partial charge in [-0.2, -0.15) is 5.10 Å². The summed E-state index contributed by atoms with van der Waals surface area (Å²) in [6.07, 6.45) is 7.25. The third-order valence-corrected chi connectivity index (χ3v) is 4.38. The lowest BCUT2D eigenvalue weighted by molar-refractivity contribution is 0.591. The second-order valence-electron chi connectivity index (χ2n) is 3.92. The molecule has 0 aliphatic carbocycles. The summed E-state index contributed by atoms with van der Waals surface area (Å²) in [4.78, 5) is 4.29. The Morgan fingerprint density at radius 2 is 2.18 bits per heavy atom. The number of aromatic nitrogens is 3. The molecule has 92 valence electrons. The Hall–Kier alpha value is -1.43. The van der Waals surface area contributed by atoms with Crippen LogP contribution in [0.5, 0.6) is 0 Å². The maximum Gasteiger partial charge on any atom is 0.183 e. The molecule has 0 aliphatic heterocycles. The third-order valence-electron chi connectivity index (χ3n) is 2.60. The van der Waals surface area contributed by atoms with Gasteiger partial charge in [0.25, 0.3) is 0 Å². The molecule has 0 bridgehead atoms. The van der Waals surface area contributed by atoms with Crippen LogP contribution in [0.15, 0.2) is 29.6 Å². The van der Waals surface area contributed by atoms with Crippen LogP contribution in [0.4, 0.5) is 0 Å². The minimum absolute atomic E-state index is 0.165. The molecule has 0 N–H and O–H groups in total. The quantitative estimate of drug-likeness (QED) is 0.761. The molecular formula is C11H15N3O2S. The maximum atomic E-state index is 12.1. The predicted molar refractivity (Wildman–Crippen MR) is 64.6 cm³/mol. The number of rotatable bonds is 5. The predicted octanol–water partition coefficient (Wildman–Crippen LogP) is 1.69. The zero-order valence-corrected chi connectivity index (χ0v) is 10.5. The lowest BCUT2D eigenvalue weighted by Crippen LogP contribution is -2.07. The summed E-state index contributed by atoms with van der Waals surface area (Å²) in [6.45, 7) is 2.05. The van der Waals surface area contributed by atoms with Crippen LogP contribution in [0.1, 0.15) is 26.2 Å². The van der Waals surface area contributed by atoms with Gasteiger partial charge in [0.05, 0.1) is 11.9 Å². The molecule has 0 amide bonds. The fourth-order valence-electron chi connectivity index (χ4n) is 1.68. The van der Waals surface area contributed by atoms with E-state index in [0.29, 0.717) is 12.1 Å². The summed E-state index contributed by atoms with van der Waals surface area (Å²) in [7, 11) is -3.26. The van der Waals surface area contributed by atoms with Crippen LogP contribution < -0.4 is 0 Å². The zero-order valence-electron chi connectivity index (χ0n) is 9.70. The van der Waals surface area contributed by atoms with E-state index in [1.54, 1.807) is 18.5 Å². The smallest absolute Gasteiger partial charge is 0.183 e. The van der Waals surface area contributed by atoms with E-state index in [1.165, 1.54) is 10.7 Å². The van der Waals surface area contributed by atoms with Gasteiger partial charge >= 0.3 is 0 Å². The minimum atomic E-state index is -3.26. The summed E-state index contributed by atoms with van der Waals surface area (Å²) in [5.74, 6) is 0.165. The largest absolute Gasteiger partial charge is 0.236 e. The van der Waals surface area contributed by atoms with Crippen molar-refractivity contribution in [1.82, 2.24) is 14.6 Å². The first-order chi connectivity index (χ1) is 8.15. The van der Waals surface area contributed by atoms with Crippen LogP contribution in [0.2, 0.25) is 0 Å². The van der Waals surface area contributed by atoms with E-state index in [0.717, 1.165) is 12.8 Å². The van der Waals surface area contributed by atoms with E-state index in [9.17, 15) is 8.42 Å². The molecule has 0 aromatic carbocycles. The average Bonchev–Trinajstić information content (AvgIpc) is 2.73. The van der Waals surface area contributed by atoms with Crippen molar-refractivity contribution < 1.29 is 8.42 Å². The van der Waals surface area contributed by atoms with Crippen molar-refractivity contribution in [2.45, 2.75) is 31.1 Å². The van der Waals surface area contributed by atoms with Crippen molar-refractivity contribution in [1.29, 1.82) is 0 Å². The summed E-state index contributed by atoms with van der Waals surface area (Å²) in [5.41, 5.74) is 0.406. The Labute approximate surface area is 100 Å². The van der Waals surface area contributed by atoms with Crippen molar-refractivity contribution in [3.8, 4) is 0 Å². The molecule has 0 saturated heterocycles. The molecule has 6 heteroatoms. The van der Waals surface area contributed by atoms with Gasteiger partial charge in [-0.15, -0.1) is 0 Å². The highest BCUT2D eigenvalue weighted by atomic mass is 32.2. The SMILES string of the molecule is CCCCCS(=O)(=O)c1cnn2cccnc12. The van der Waals surface area contributed by atoms with E-state index < -0.39 is 9.84 Å². The number of fused-ring (bicyclic) bond motifs is 1. The molecule has 0 spiro atoms. The highest BCUT2D eigenvalue weighted by Crippen LogP contribution is 2.17. The van der Waals surface area contributed by atoms with Crippen molar-refractivity contribution in [3.63, 3.8) is 0 Å². The number of hydrogen-bond acceptors (Lipinski definition) is 4. The first kappa shape index (κ1) is 12.0. The van der Waals surface area contributed by atoms with Crippen LogP contribution in [0.25, 0.3) is 5.65 Å². The van der Waals surface area contributed by atoms with Crippen LogP contribution >= 0.6 is 0 Å². The molecule has 0 fully saturated rings. The molecule has 0 radical (unpaired) electrons. The van der Waals surface area contributed by atoms with Crippen LogP contribution in [-0.2, 0) is 9.84 Å². The lowest BCUT2D eigenvalue weighted by Gasteiger charge is -2.01. The Balaban J connectivity index is 2.33. The van der Waals surface area contributed by atoms with Gasteiger partial charge in [-0.05, 0) is 12.5 Å². The van der Waals surface area contributed by atoms with Gasteiger partial charge in [0.15, 0.2) is 15.5 Å². The highest BCUT2D eigenvalue weighted by Gasteiger charge is 2.19. The topological polar surface area (TPSA) is 64.3 Å². The molecule has 0 atom stereocenters. The van der Waals surface area contributed by atoms with E-state index >= 15 is 0 Å². The minimum Gasteiger partial charge on any atom is -0.236 e. The highest BCUT2D eigenvalue weighted by molar-refractivity contribution is 7.91. The molecular weight excluding hydrogens is 238 g/mol. The fourth-order valence-corrected chi connectivity index (χ4v) is 3.11. The van der Waals surface area contributed by atoms with Crippen molar-refractivity contribution >= 4 is 15.5 Å². The molecule has 2 rings (SSSR count). The first-order valence-corrected chi connectivity index (χ1v) is 7.31. The number of unbranched alkanes of at least 4 members (excludes halogenated alkanes) is 2. The van der Waals surface area contributed by atoms with E-state index in [2.05, 4.69) is 10.1 Å². The van der Waals surface area contributed by atoms with Crippen molar-refractivity contribution in [2.75, 3.05) is 5.75 Å². The molecule has 0 unspecified atom stereocenters. The summed E-state index contributed by atoms with van der Waals surface area (Å²) >= 11 is 0. The number of hydrogen-bond donors (Lipinski definition) is 0. The Bertz CT molecular complexity index is 604. The fraction of sp³-hybridized carbons (Fsp3) is 0.455. The molecule has 5 nitrogen and oxygen atoms in total. The Morgan fingerprint density at radius 3 is 2.94 bits per heavy atom. The van der Waals surface area contributed by atoms with E-state index in [-0.39, 0.29) is 10.6 Å². The van der Waals surface area contributed by atoms with Crippen molar-refractivity contribution in [2.24, 2.45) is 0 Å². The van der Waals surface area contributed by atoms with Gasteiger partial charge in [-0.1, -0.05) is 19.8 Å². The lowest BCUT2D eigenvalue weighted by atomic mass is 10.3. The Kier molecular flexibility index (Phi) is 3.42. The zero-order chi connectivity index (χ0) is 12.3. The maximum absolute atomic E-state index is 12.1. The summed E-state index contributed by atoms with van der Waals surface area (Å²) in [6, 6.07) is 1.72. The van der Waals surface area contributed by atoms with Crippen LogP contribution in [-0.4, -0.2) is 28.8 Å². The average molecular weight is 253 g/mol. The van der Waals surface area contributed by atoms with Gasteiger partial charge in [0.2, 0.25) is 0 Å². The number of nitrogens with zero attached hydrogens (tertiary/aromatic N) is 3. The van der Waals surface area contributed by atoms with Gasteiger partial charge in [0.1, 0.15) is 4.90 Å². The molecule has 2 heterocycles. The molecule has 17 heavy (non-hydrogen) atoms. The first-order valence-electron chi connectivity index (χ1n) is 5.66. The molecule has 0 saturated carbocycles. The second-order valence-corrected chi connectivity index (χ2v) is 6.00. The molecule has 2 aromatic heterocycles.